The van der Waals surface area contributed by atoms with Crippen LogP contribution >= 0.6 is 0 Å². The molecule has 2 aliphatic heterocycles. The second kappa shape index (κ2) is 21.3. The second-order valence-electron chi connectivity index (χ2n) is 20.5. The van der Waals surface area contributed by atoms with E-state index in [1.165, 1.54) is 0 Å². The molecule has 0 saturated carbocycles. The van der Waals surface area contributed by atoms with Crippen molar-refractivity contribution in [2.45, 2.75) is 25.9 Å². The third-order valence-electron chi connectivity index (χ3n) is 15.4. The van der Waals surface area contributed by atoms with Gasteiger partial charge in [-0.3, -0.25) is 29.0 Å². The van der Waals surface area contributed by atoms with Crippen molar-refractivity contribution in [2.75, 3.05) is 72.6 Å². The van der Waals surface area contributed by atoms with Crippen LogP contribution in [0.4, 0.5) is 0 Å². The van der Waals surface area contributed by atoms with Crippen LogP contribution in [0, 0.1) is 0 Å². The number of carbonyl (C=O) groups is 2. The molecule has 6 aromatic heterocycles. The lowest BCUT2D eigenvalue weighted by molar-refractivity contribution is -0.137. The SMILES string of the molecule is CCCN1CCN(C(COc2ccc(-c3ccc4cc(-c5cn(C)c(=O)c6[nH]ccc56)ccc4n3)cc2)Cn2cc(-c3ccc4cc(-c5ccc(OCCN6CCN(C)C(=O)C6)cc5)ccc4n3)c3cc[nH]c3c2=O)CC1=O. The van der Waals surface area contributed by atoms with Crippen LogP contribution in [-0.4, -0.2) is 139 Å². The van der Waals surface area contributed by atoms with E-state index < -0.39 is 0 Å². The molecule has 4 aromatic carbocycles. The van der Waals surface area contributed by atoms with E-state index in [9.17, 15) is 19.2 Å². The van der Waals surface area contributed by atoms with Crippen molar-refractivity contribution in [3.8, 4) is 56.3 Å². The Labute approximate surface area is 450 Å². The third kappa shape index (κ3) is 10.0. The van der Waals surface area contributed by atoms with Crippen molar-refractivity contribution in [2.24, 2.45) is 7.05 Å². The maximum Gasteiger partial charge on any atom is 0.274 e. The minimum atomic E-state index is -0.325. The molecule has 8 heterocycles. The highest BCUT2D eigenvalue weighted by Gasteiger charge is 2.30. The normalized spacial score (nSPS) is 15.1. The molecule has 1 atom stereocenters. The summed E-state index contributed by atoms with van der Waals surface area (Å²) in [5, 5.41) is 3.63. The van der Waals surface area contributed by atoms with Crippen LogP contribution in [-0.2, 0) is 23.2 Å². The number of carbonyl (C=O) groups excluding carboxylic acids is 2. The quantitative estimate of drug-likeness (QED) is 0.0959. The van der Waals surface area contributed by atoms with Crippen molar-refractivity contribution < 1.29 is 19.1 Å². The maximum absolute atomic E-state index is 14.3. The number of pyridine rings is 4. The van der Waals surface area contributed by atoms with Gasteiger partial charge in [0.1, 0.15) is 35.7 Å². The summed E-state index contributed by atoms with van der Waals surface area (Å²) < 4.78 is 15.9. The standard InChI is InChI=1S/C62H60N10O6/c1-4-25-70-28-29-71(38-58(70)74)46(39-78-48-15-7-41(8-16-48)53-19-11-45-33-43(10-18-54(45)65-53)51-35-68(3)61(75)59-49(51)21-23-63-59)34-72-36-52(50-22-24-64-60(50)62(72)76)56-20-12-44-32-42(9-17-55(44)66-56)40-5-13-47(14-6-40)77-31-30-69-27-26-67(2)57(73)37-69/h5-24,32-33,35-36,46,63-64H,4,25-31,34,37-39H2,1-3H3. The van der Waals surface area contributed by atoms with Crippen LogP contribution in [0.3, 0.4) is 0 Å². The molecule has 2 saturated heterocycles. The summed E-state index contributed by atoms with van der Waals surface area (Å²) in [6, 6.07) is 40.0. The smallest absolute Gasteiger partial charge is 0.274 e. The summed E-state index contributed by atoms with van der Waals surface area (Å²) >= 11 is 0. The van der Waals surface area contributed by atoms with E-state index >= 15 is 0 Å². The number of benzene rings is 4. The molecule has 0 aliphatic carbocycles. The van der Waals surface area contributed by atoms with Crippen molar-refractivity contribution in [1.82, 2.24) is 48.7 Å². The van der Waals surface area contributed by atoms with Gasteiger partial charge in [0.15, 0.2) is 0 Å². The number of aryl methyl sites for hydroxylation is 1. The van der Waals surface area contributed by atoms with Crippen molar-refractivity contribution in [3.63, 3.8) is 0 Å². The Balaban J connectivity index is 0.759. The maximum atomic E-state index is 14.3. The number of rotatable bonds is 16. The Morgan fingerprint density at radius 3 is 1.94 bits per heavy atom. The molecular formula is C62H60N10O6. The van der Waals surface area contributed by atoms with E-state index in [1.54, 1.807) is 33.5 Å². The van der Waals surface area contributed by atoms with Gasteiger partial charge < -0.3 is 38.4 Å². The van der Waals surface area contributed by atoms with Gasteiger partial charge in [0, 0.05) is 123 Å². The van der Waals surface area contributed by atoms with Crippen LogP contribution in [0.15, 0.2) is 156 Å². The van der Waals surface area contributed by atoms with Crippen LogP contribution in [0.1, 0.15) is 13.3 Å². The van der Waals surface area contributed by atoms with Gasteiger partial charge in [-0.05, 0) is 108 Å². The first-order valence-corrected chi connectivity index (χ1v) is 26.7. The van der Waals surface area contributed by atoms with E-state index in [0.29, 0.717) is 56.1 Å². The molecule has 78 heavy (non-hydrogen) atoms. The summed E-state index contributed by atoms with van der Waals surface area (Å²) in [6.07, 6.45) is 8.24. The zero-order valence-electron chi connectivity index (χ0n) is 43.9. The predicted octanol–water partition coefficient (Wildman–Crippen LogP) is 8.43. The number of aromatic amines is 2. The molecule has 1 unspecified atom stereocenters. The lowest BCUT2D eigenvalue weighted by atomic mass is 10.0. The molecule has 16 heteroatoms. The van der Waals surface area contributed by atoms with E-state index in [1.807, 2.05) is 103 Å². The molecule has 0 spiro atoms. The highest BCUT2D eigenvalue weighted by atomic mass is 16.5. The van der Waals surface area contributed by atoms with Gasteiger partial charge in [0.2, 0.25) is 11.8 Å². The van der Waals surface area contributed by atoms with Gasteiger partial charge in [-0.15, -0.1) is 0 Å². The Morgan fingerprint density at radius 1 is 0.577 bits per heavy atom. The molecule has 2 amide bonds. The molecule has 0 radical (unpaired) electrons. The fourth-order valence-corrected chi connectivity index (χ4v) is 10.9. The molecule has 2 aliphatic rings. The number of H-pyrrole nitrogens is 2. The van der Waals surface area contributed by atoms with E-state index in [4.69, 9.17) is 19.4 Å². The zero-order chi connectivity index (χ0) is 53.4. The summed E-state index contributed by atoms with van der Waals surface area (Å²) in [5.74, 6) is 1.65. The van der Waals surface area contributed by atoms with Crippen LogP contribution in [0.2, 0.25) is 0 Å². The fraction of sp³-hybridized carbons (Fsp3) is 0.258. The van der Waals surface area contributed by atoms with E-state index in [0.717, 1.165) is 103 Å². The Kier molecular flexibility index (Phi) is 13.6. The number of nitrogens with one attached hydrogen (secondary N) is 2. The number of fused-ring (bicyclic) bond motifs is 4. The van der Waals surface area contributed by atoms with Gasteiger partial charge >= 0.3 is 0 Å². The molecular weight excluding hydrogens is 981 g/mol. The van der Waals surface area contributed by atoms with Gasteiger partial charge in [0.25, 0.3) is 11.1 Å². The van der Waals surface area contributed by atoms with Crippen LogP contribution < -0.4 is 20.6 Å². The first-order valence-electron chi connectivity index (χ1n) is 26.7. The van der Waals surface area contributed by atoms with Crippen molar-refractivity contribution >= 4 is 55.4 Å². The zero-order valence-corrected chi connectivity index (χ0v) is 43.9. The summed E-state index contributed by atoms with van der Waals surface area (Å²) in [4.78, 5) is 77.1. The van der Waals surface area contributed by atoms with Crippen LogP contribution in [0.25, 0.3) is 88.4 Å². The van der Waals surface area contributed by atoms with Gasteiger partial charge in [-0.2, -0.15) is 0 Å². The van der Waals surface area contributed by atoms with E-state index in [-0.39, 0.29) is 48.7 Å². The topological polar surface area (TPSA) is 167 Å². The molecule has 16 nitrogen and oxygen atoms in total. The van der Waals surface area contributed by atoms with Gasteiger partial charge in [-0.25, -0.2) is 9.97 Å². The summed E-state index contributed by atoms with van der Waals surface area (Å²) in [7, 11) is 3.61. The number of nitrogens with zero attached hydrogens (tertiary/aromatic N) is 8. The monoisotopic (exact) mass is 1040 g/mol. The minimum Gasteiger partial charge on any atom is -0.492 e. The first-order chi connectivity index (χ1) is 38.0. The minimum absolute atomic E-state index is 0.0654. The summed E-state index contributed by atoms with van der Waals surface area (Å²) in [6.45, 7) is 7.98. The van der Waals surface area contributed by atoms with Crippen molar-refractivity contribution in [3.05, 3.63) is 167 Å². The average Bonchev–Trinajstić information content (AvgIpc) is 4.32. The molecule has 2 fully saturated rings. The van der Waals surface area contributed by atoms with Gasteiger partial charge in [0.05, 0.1) is 41.6 Å². The molecule has 12 rings (SSSR count). The first kappa shape index (κ1) is 50.0. The van der Waals surface area contributed by atoms with Crippen LogP contribution in [0.5, 0.6) is 11.5 Å². The fourth-order valence-electron chi connectivity index (χ4n) is 10.9. The Hall–Kier alpha value is -8.86. The number of piperazine rings is 2. The van der Waals surface area contributed by atoms with E-state index in [2.05, 4.69) is 69.2 Å². The number of ether oxygens (including phenoxy) is 2. The molecule has 2 N–H and O–H groups in total. The number of likely N-dealkylation sites (N-methyl/N-ethyl adjacent to an activating group) is 1. The summed E-state index contributed by atoms with van der Waals surface area (Å²) in [5.41, 5.74) is 9.88. The van der Waals surface area contributed by atoms with Crippen molar-refractivity contribution in [1.29, 1.82) is 0 Å². The Bertz CT molecular complexity index is 4010. The highest BCUT2D eigenvalue weighted by Crippen LogP contribution is 2.33. The highest BCUT2D eigenvalue weighted by molar-refractivity contribution is 5.98. The number of amides is 2. The third-order valence-corrected chi connectivity index (χ3v) is 15.4. The second-order valence-corrected chi connectivity index (χ2v) is 20.5. The lowest BCUT2D eigenvalue weighted by Crippen LogP contribution is -2.56. The van der Waals surface area contributed by atoms with Gasteiger partial charge in [-0.1, -0.05) is 43.3 Å². The number of hydrogen-bond acceptors (Lipinski definition) is 10. The predicted molar refractivity (Wildman–Crippen MR) is 306 cm³/mol. The average molecular weight is 1040 g/mol. The molecule has 0 bridgehead atoms. The largest absolute Gasteiger partial charge is 0.492 e. The Morgan fingerprint density at radius 2 is 1.22 bits per heavy atom. The number of aromatic nitrogens is 6. The lowest BCUT2D eigenvalue weighted by Gasteiger charge is -2.38. The number of hydrogen-bond donors (Lipinski definition) is 2. The molecule has 10 aromatic rings. The molecule has 394 valence electrons.